The van der Waals surface area contributed by atoms with Crippen LogP contribution in [0.5, 0.6) is 0 Å². The van der Waals surface area contributed by atoms with Crippen LogP contribution >= 0.6 is 0 Å². The van der Waals surface area contributed by atoms with Gasteiger partial charge in [0.25, 0.3) is 0 Å². The Kier molecular flexibility index (Phi) is 4.61. The maximum Gasteiger partial charge on any atom is 0.0862 e. The second-order valence-electron chi connectivity index (χ2n) is 0.912. The van der Waals surface area contributed by atoms with Crippen molar-refractivity contribution in [1.82, 2.24) is 0 Å². The molecule has 0 unspecified atom stereocenters. The van der Waals surface area contributed by atoms with E-state index in [0.717, 1.165) is 0 Å². The van der Waals surface area contributed by atoms with Crippen molar-refractivity contribution in [3.8, 4) is 0 Å². The fourth-order valence-electron chi connectivity index (χ4n) is 0.163. The van der Waals surface area contributed by atoms with Crippen molar-refractivity contribution in [3.63, 3.8) is 0 Å². The van der Waals surface area contributed by atoms with Gasteiger partial charge in [0.15, 0.2) is 0 Å². The van der Waals surface area contributed by atoms with Gasteiger partial charge >= 0.3 is 0 Å². The van der Waals surface area contributed by atoms with Gasteiger partial charge in [0.1, 0.15) is 0 Å². The lowest BCUT2D eigenvalue weighted by molar-refractivity contribution is 1.02. The van der Waals surface area contributed by atoms with Gasteiger partial charge in [0, 0.05) is 6.42 Å². The van der Waals surface area contributed by atoms with E-state index in [1.165, 1.54) is 6.42 Å². The highest BCUT2D eigenvalue weighted by Crippen LogP contribution is 1.77. The standard InChI is InChI=1S/C3H5N2O2/c6-4-2-1-3-5-7/h1H,2-3H2. The summed E-state index contributed by atoms with van der Waals surface area (Å²) in [5.74, 6) is 0. The Morgan fingerprint density at radius 3 is 1.86 bits per heavy atom. The molecule has 0 aliphatic rings. The number of hydrogen-bond donors (Lipinski definition) is 0. The van der Waals surface area contributed by atoms with E-state index in [1.54, 1.807) is 0 Å². The predicted molar refractivity (Wildman–Crippen MR) is 25.6 cm³/mol. The van der Waals surface area contributed by atoms with E-state index in [2.05, 4.69) is 10.4 Å². The third-order valence-electron chi connectivity index (χ3n) is 0.407. The van der Waals surface area contributed by atoms with Crippen LogP contribution in [0, 0.1) is 16.2 Å². The van der Waals surface area contributed by atoms with Crippen molar-refractivity contribution in [1.29, 1.82) is 0 Å². The first-order valence-electron chi connectivity index (χ1n) is 1.81. The zero-order valence-corrected chi connectivity index (χ0v) is 3.70. The van der Waals surface area contributed by atoms with Gasteiger partial charge in [0.2, 0.25) is 0 Å². The van der Waals surface area contributed by atoms with Gasteiger partial charge in [-0.3, -0.25) is 0 Å². The SMILES string of the molecule is O=NC[CH]CN=O. The molecule has 0 saturated carbocycles. The molecule has 0 atom stereocenters. The van der Waals surface area contributed by atoms with Crippen LogP contribution in [0.25, 0.3) is 0 Å². The first-order valence-corrected chi connectivity index (χ1v) is 1.81. The number of nitroso groups, excluding NO2 is 2. The normalized spacial score (nSPS) is 8.00. The molecule has 4 nitrogen and oxygen atoms in total. The van der Waals surface area contributed by atoms with E-state index in [-0.39, 0.29) is 13.1 Å². The van der Waals surface area contributed by atoms with E-state index >= 15 is 0 Å². The molecule has 0 aromatic heterocycles. The predicted octanol–water partition coefficient (Wildman–Crippen LogP) is 0.723. The van der Waals surface area contributed by atoms with Gasteiger partial charge in [-0.05, 0) is 0 Å². The van der Waals surface area contributed by atoms with Crippen molar-refractivity contribution in [3.05, 3.63) is 16.2 Å². The van der Waals surface area contributed by atoms with Gasteiger partial charge in [-0.15, -0.1) is 0 Å². The molecule has 0 spiro atoms. The highest BCUT2D eigenvalue weighted by Gasteiger charge is 1.81. The average Bonchev–Trinajstić information content (AvgIpc) is 1.69. The second-order valence-corrected chi connectivity index (χ2v) is 0.912. The summed E-state index contributed by atoms with van der Waals surface area (Å²) in [5.41, 5.74) is 0. The van der Waals surface area contributed by atoms with E-state index in [4.69, 9.17) is 0 Å². The fraction of sp³-hybridized carbons (Fsp3) is 0.667. The third-order valence-corrected chi connectivity index (χ3v) is 0.407. The Labute approximate surface area is 40.9 Å². The lowest BCUT2D eigenvalue weighted by Gasteiger charge is -1.76. The van der Waals surface area contributed by atoms with Gasteiger partial charge in [-0.2, -0.15) is 9.81 Å². The zero-order valence-electron chi connectivity index (χ0n) is 3.70. The number of rotatable bonds is 4. The monoisotopic (exact) mass is 101 g/mol. The quantitative estimate of drug-likeness (QED) is 0.387. The summed E-state index contributed by atoms with van der Waals surface area (Å²) in [4.78, 5) is 18.5. The summed E-state index contributed by atoms with van der Waals surface area (Å²) >= 11 is 0. The highest BCUT2D eigenvalue weighted by atomic mass is 16.3. The van der Waals surface area contributed by atoms with E-state index < -0.39 is 0 Å². The molecule has 0 aromatic carbocycles. The Bertz CT molecular complexity index is 56.0. The van der Waals surface area contributed by atoms with E-state index in [1.807, 2.05) is 0 Å². The van der Waals surface area contributed by atoms with Crippen LogP contribution < -0.4 is 0 Å². The molecule has 39 valence electrons. The van der Waals surface area contributed by atoms with Crippen LogP contribution in [-0.4, -0.2) is 13.1 Å². The molecule has 0 fully saturated rings. The minimum Gasteiger partial charge on any atom is -0.151 e. The molecule has 7 heavy (non-hydrogen) atoms. The molecule has 0 saturated heterocycles. The van der Waals surface area contributed by atoms with Gasteiger partial charge in [-0.25, -0.2) is 0 Å². The van der Waals surface area contributed by atoms with Gasteiger partial charge in [-0.1, -0.05) is 10.4 Å². The van der Waals surface area contributed by atoms with Crippen molar-refractivity contribution < 1.29 is 0 Å². The molecule has 0 amide bonds. The first-order chi connectivity index (χ1) is 3.41. The summed E-state index contributed by atoms with van der Waals surface area (Å²) in [5, 5.41) is 4.94. The van der Waals surface area contributed by atoms with Crippen LogP contribution in [0.4, 0.5) is 0 Å². The zero-order chi connectivity index (χ0) is 5.54. The van der Waals surface area contributed by atoms with Crippen molar-refractivity contribution in [2.24, 2.45) is 10.4 Å². The van der Waals surface area contributed by atoms with E-state index in [9.17, 15) is 9.81 Å². The fourth-order valence-corrected chi connectivity index (χ4v) is 0.163. The third kappa shape index (κ3) is 5.20. The Balaban J connectivity index is 2.68. The summed E-state index contributed by atoms with van der Waals surface area (Å²) in [7, 11) is 0. The largest absolute Gasteiger partial charge is 0.151 e. The Morgan fingerprint density at radius 2 is 1.57 bits per heavy atom. The van der Waals surface area contributed by atoms with Gasteiger partial charge in [0.05, 0.1) is 13.1 Å². The molecule has 0 aliphatic heterocycles. The summed E-state index contributed by atoms with van der Waals surface area (Å²) in [6.07, 6.45) is 1.40. The van der Waals surface area contributed by atoms with Crippen molar-refractivity contribution in [2.75, 3.05) is 13.1 Å². The lowest BCUT2D eigenvalue weighted by Crippen LogP contribution is -1.83. The van der Waals surface area contributed by atoms with Crippen LogP contribution in [0.1, 0.15) is 0 Å². The van der Waals surface area contributed by atoms with Crippen LogP contribution in [0.15, 0.2) is 10.4 Å². The number of hydrogen-bond acceptors (Lipinski definition) is 4. The molecule has 0 rings (SSSR count). The lowest BCUT2D eigenvalue weighted by atomic mass is 10.4. The van der Waals surface area contributed by atoms with Crippen LogP contribution in [0.3, 0.4) is 0 Å². The first kappa shape index (κ1) is 6.20. The van der Waals surface area contributed by atoms with Crippen molar-refractivity contribution in [2.45, 2.75) is 0 Å². The van der Waals surface area contributed by atoms with Crippen LogP contribution in [-0.2, 0) is 0 Å². The summed E-state index contributed by atoms with van der Waals surface area (Å²) in [6, 6.07) is 0. The number of nitrogens with zero attached hydrogens (tertiary/aromatic N) is 2. The summed E-state index contributed by atoms with van der Waals surface area (Å²) in [6.45, 7) is 0.150. The molecule has 0 bridgehead atoms. The molecular weight excluding hydrogens is 96.0 g/mol. The summed E-state index contributed by atoms with van der Waals surface area (Å²) < 4.78 is 0. The van der Waals surface area contributed by atoms with Gasteiger partial charge < -0.3 is 0 Å². The smallest absolute Gasteiger partial charge is 0.0862 e. The minimum atomic E-state index is 0.0751. The molecule has 0 heterocycles. The Hall–Kier alpha value is -0.800. The minimum absolute atomic E-state index is 0.0751. The molecule has 1 radical (unpaired) electrons. The molecule has 0 aromatic rings. The molecule has 0 N–H and O–H groups in total. The highest BCUT2D eigenvalue weighted by molar-refractivity contribution is 4.68. The van der Waals surface area contributed by atoms with Crippen LogP contribution in [0.2, 0.25) is 0 Å². The van der Waals surface area contributed by atoms with E-state index in [0.29, 0.717) is 0 Å². The molecule has 4 heteroatoms. The molecule has 0 aliphatic carbocycles. The topological polar surface area (TPSA) is 58.9 Å². The maximum absolute atomic E-state index is 9.25. The average molecular weight is 101 g/mol. The Morgan fingerprint density at radius 1 is 1.14 bits per heavy atom. The maximum atomic E-state index is 9.25. The second kappa shape index (κ2) is 5.20. The van der Waals surface area contributed by atoms with Crippen molar-refractivity contribution >= 4 is 0 Å². The molecular formula is C3H5N2O2.